The topological polar surface area (TPSA) is 96.0 Å². The molecule has 0 aliphatic heterocycles. The van der Waals surface area contributed by atoms with Crippen molar-refractivity contribution in [2.24, 2.45) is 0 Å². The largest absolute Gasteiger partial charge is 0.494 e. The number of amides is 2. The number of hydrogen-bond donors (Lipinski definition) is 1. The quantitative estimate of drug-likeness (QED) is 0.232. The van der Waals surface area contributed by atoms with Crippen molar-refractivity contribution in [2.75, 3.05) is 17.5 Å². The first-order valence-corrected chi connectivity index (χ1v) is 16.6. The van der Waals surface area contributed by atoms with E-state index in [1.165, 1.54) is 29.2 Å². The molecule has 2 amide bonds. The van der Waals surface area contributed by atoms with Crippen LogP contribution in [0.4, 0.5) is 5.69 Å². The van der Waals surface area contributed by atoms with Gasteiger partial charge in [-0.25, -0.2) is 8.42 Å². The van der Waals surface area contributed by atoms with E-state index in [2.05, 4.69) is 5.32 Å². The van der Waals surface area contributed by atoms with Crippen molar-refractivity contribution in [3.63, 3.8) is 0 Å². The molecule has 8 nitrogen and oxygen atoms in total. The van der Waals surface area contributed by atoms with Crippen LogP contribution in [0.1, 0.15) is 45.1 Å². The van der Waals surface area contributed by atoms with Gasteiger partial charge in [-0.05, 0) is 87.4 Å². The van der Waals surface area contributed by atoms with Gasteiger partial charge in [0.2, 0.25) is 11.8 Å². The highest BCUT2D eigenvalue weighted by Gasteiger charge is 2.34. The van der Waals surface area contributed by atoms with E-state index in [1.54, 1.807) is 49.4 Å². The van der Waals surface area contributed by atoms with E-state index in [0.29, 0.717) is 33.0 Å². The summed E-state index contributed by atoms with van der Waals surface area (Å²) in [5, 5.41) is 4.05. The number of carbonyl (C=O) groups excluding carboxylic acids is 2. The van der Waals surface area contributed by atoms with Crippen molar-refractivity contribution in [1.82, 2.24) is 10.2 Å². The maximum atomic E-state index is 14.1. The summed E-state index contributed by atoms with van der Waals surface area (Å²) in [4.78, 5) is 28.8. The first kappa shape index (κ1) is 32.9. The number of benzene rings is 3. The van der Waals surface area contributed by atoms with E-state index >= 15 is 0 Å². The van der Waals surface area contributed by atoms with Gasteiger partial charge in [-0.2, -0.15) is 0 Å². The van der Waals surface area contributed by atoms with Crippen molar-refractivity contribution < 1.29 is 22.7 Å². The van der Waals surface area contributed by atoms with Gasteiger partial charge in [-0.15, -0.1) is 0 Å². The van der Waals surface area contributed by atoms with Crippen LogP contribution in [0.5, 0.6) is 5.75 Å². The first-order valence-electron chi connectivity index (χ1n) is 14.0. The van der Waals surface area contributed by atoms with Crippen molar-refractivity contribution in [3.8, 4) is 5.75 Å². The zero-order valence-corrected chi connectivity index (χ0v) is 27.0. The number of hydrogen-bond acceptors (Lipinski definition) is 5. The van der Waals surface area contributed by atoms with Crippen LogP contribution in [-0.2, 0) is 26.2 Å². The molecule has 0 spiro atoms. The Kier molecular flexibility index (Phi) is 11.2. The Bertz CT molecular complexity index is 1510. The normalized spacial score (nSPS) is 14.3. The Morgan fingerprint density at radius 1 is 0.953 bits per heavy atom. The van der Waals surface area contributed by atoms with Crippen molar-refractivity contribution in [1.29, 1.82) is 0 Å². The average Bonchev–Trinajstić information content (AvgIpc) is 3.49. The molecule has 1 atom stereocenters. The molecule has 0 radical (unpaired) electrons. The summed E-state index contributed by atoms with van der Waals surface area (Å²) >= 11 is 18.9. The number of ether oxygens (including phenoxy) is 1. The monoisotopic (exact) mass is 665 g/mol. The first-order chi connectivity index (χ1) is 20.5. The SMILES string of the molecule is CCOc1ccc(N(CC(=O)N(Cc2c(Cl)cccc2Cl)C(C)C(=O)NC2CCCC2)S(=O)(=O)c2ccc(Cl)cc2)cc1. The number of sulfonamides is 1. The molecule has 1 saturated carbocycles. The fourth-order valence-corrected chi connectivity index (χ4v) is 7.02. The maximum Gasteiger partial charge on any atom is 0.264 e. The van der Waals surface area contributed by atoms with Gasteiger partial charge in [0.1, 0.15) is 18.3 Å². The molecule has 1 N–H and O–H groups in total. The molecular formula is C31H34Cl3N3O5S. The molecule has 1 aliphatic carbocycles. The van der Waals surface area contributed by atoms with Crippen LogP contribution in [-0.4, -0.2) is 50.4 Å². The van der Waals surface area contributed by atoms with Crippen LogP contribution in [0.2, 0.25) is 15.1 Å². The molecule has 0 bridgehead atoms. The van der Waals surface area contributed by atoms with Gasteiger partial charge >= 0.3 is 0 Å². The number of carbonyl (C=O) groups is 2. The molecule has 3 aromatic rings. The minimum atomic E-state index is -4.24. The summed E-state index contributed by atoms with van der Waals surface area (Å²) in [7, 11) is -4.24. The third-order valence-corrected chi connectivity index (χ3v) is 10.1. The van der Waals surface area contributed by atoms with Crippen molar-refractivity contribution in [2.45, 2.75) is 63.1 Å². The smallest absolute Gasteiger partial charge is 0.264 e. The molecule has 0 heterocycles. The van der Waals surface area contributed by atoms with Gasteiger partial charge in [0.25, 0.3) is 10.0 Å². The third kappa shape index (κ3) is 8.15. The Morgan fingerprint density at radius 3 is 2.14 bits per heavy atom. The summed E-state index contributed by atoms with van der Waals surface area (Å²) < 4.78 is 34.5. The van der Waals surface area contributed by atoms with Crippen molar-refractivity contribution >= 4 is 62.3 Å². The summed E-state index contributed by atoms with van der Waals surface area (Å²) in [5.74, 6) is -0.401. The van der Waals surface area contributed by atoms with E-state index in [4.69, 9.17) is 39.5 Å². The van der Waals surface area contributed by atoms with E-state index in [1.807, 2.05) is 6.92 Å². The highest BCUT2D eigenvalue weighted by atomic mass is 35.5. The minimum Gasteiger partial charge on any atom is -0.494 e. The Morgan fingerprint density at radius 2 is 1.56 bits per heavy atom. The fourth-order valence-electron chi connectivity index (χ4n) is 4.97. The second kappa shape index (κ2) is 14.7. The molecule has 1 fully saturated rings. The lowest BCUT2D eigenvalue weighted by Gasteiger charge is -2.33. The summed E-state index contributed by atoms with van der Waals surface area (Å²) in [6.45, 7) is 3.19. The molecular weight excluding hydrogens is 633 g/mol. The molecule has 43 heavy (non-hydrogen) atoms. The van der Waals surface area contributed by atoms with E-state index in [0.717, 1.165) is 30.0 Å². The standard InChI is InChI=1S/C31H34Cl3N3O5S/c1-3-42-25-15-13-24(14-16-25)37(43(40,41)26-17-11-22(32)12-18-26)20-30(38)36(19-27-28(33)9-6-10-29(27)34)21(2)31(39)35-23-7-4-5-8-23/h6,9-18,21,23H,3-5,7-8,19-20H2,1-2H3,(H,35,39). The second-order valence-electron chi connectivity index (χ2n) is 10.3. The molecule has 3 aromatic carbocycles. The van der Waals surface area contributed by atoms with Gasteiger partial charge in [-0.3, -0.25) is 13.9 Å². The van der Waals surface area contributed by atoms with Gasteiger partial charge in [0, 0.05) is 33.2 Å². The van der Waals surface area contributed by atoms with Gasteiger partial charge in [0.15, 0.2) is 0 Å². The Hall–Kier alpha value is -2.98. The second-order valence-corrected chi connectivity index (χ2v) is 13.4. The number of nitrogens with zero attached hydrogens (tertiary/aromatic N) is 2. The van der Waals surface area contributed by atoms with E-state index < -0.39 is 28.5 Å². The minimum absolute atomic E-state index is 0.0291. The van der Waals surface area contributed by atoms with Crippen LogP contribution < -0.4 is 14.4 Å². The Balaban J connectivity index is 1.72. The molecule has 1 aliphatic rings. The van der Waals surface area contributed by atoms with Crippen LogP contribution in [0.3, 0.4) is 0 Å². The molecule has 12 heteroatoms. The number of halogens is 3. The van der Waals surface area contributed by atoms with Crippen LogP contribution >= 0.6 is 34.8 Å². The molecule has 0 saturated heterocycles. The summed E-state index contributed by atoms with van der Waals surface area (Å²) in [5.41, 5.74) is 0.693. The van der Waals surface area contributed by atoms with Gasteiger partial charge < -0.3 is 15.0 Å². The lowest BCUT2D eigenvalue weighted by molar-refractivity contribution is -0.139. The maximum absolute atomic E-state index is 14.1. The van der Waals surface area contributed by atoms with E-state index in [-0.39, 0.29) is 29.1 Å². The zero-order chi connectivity index (χ0) is 31.1. The van der Waals surface area contributed by atoms with Gasteiger partial charge in [0.05, 0.1) is 17.2 Å². The van der Waals surface area contributed by atoms with Crippen LogP contribution in [0.25, 0.3) is 0 Å². The lowest BCUT2D eigenvalue weighted by atomic mass is 10.1. The molecule has 4 rings (SSSR count). The predicted octanol–water partition coefficient (Wildman–Crippen LogP) is 6.72. The number of rotatable bonds is 12. The number of nitrogens with one attached hydrogen (secondary N) is 1. The number of anilines is 1. The van der Waals surface area contributed by atoms with Gasteiger partial charge in [-0.1, -0.05) is 53.7 Å². The molecule has 1 unspecified atom stereocenters. The lowest BCUT2D eigenvalue weighted by Crippen LogP contribution is -2.52. The Labute approximate surface area is 267 Å². The highest BCUT2D eigenvalue weighted by molar-refractivity contribution is 7.92. The zero-order valence-electron chi connectivity index (χ0n) is 23.9. The van der Waals surface area contributed by atoms with Crippen LogP contribution in [0, 0.1) is 0 Å². The van der Waals surface area contributed by atoms with E-state index in [9.17, 15) is 18.0 Å². The summed E-state index contributed by atoms with van der Waals surface area (Å²) in [6, 6.07) is 16.1. The molecule has 0 aromatic heterocycles. The van der Waals surface area contributed by atoms with Crippen LogP contribution in [0.15, 0.2) is 71.6 Å². The van der Waals surface area contributed by atoms with Crippen molar-refractivity contribution in [3.05, 3.63) is 87.4 Å². The fraction of sp³-hybridized carbons (Fsp3) is 0.355. The predicted molar refractivity (Wildman–Crippen MR) is 170 cm³/mol. The average molecular weight is 667 g/mol. The third-order valence-electron chi connectivity index (χ3n) is 7.38. The highest BCUT2D eigenvalue weighted by Crippen LogP contribution is 2.30. The molecule has 230 valence electrons. The summed E-state index contributed by atoms with van der Waals surface area (Å²) in [6.07, 6.45) is 3.79.